The summed E-state index contributed by atoms with van der Waals surface area (Å²) >= 11 is 1.41. The van der Waals surface area contributed by atoms with Crippen LogP contribution < -0.4 is 5.32 Å². The summed E-state index contributed by atoms with van der Waals surface area (Å²) < 4.78 is 0. The molecule has 23 heavy (non-hydrogen) atoms. The maximum atomic E-state index is 12.3. The van der Waals surface area contributed by atoms with E-state index < -0.39 is 0 Å². The van der Waals surface area contributed by atoms with Gasteiger partial charge in [-0.3, -0.25) is 15.0 Å². The van der Waals surface area contributed by atoms with Crippen LogP contribution in [-0.2, 0) is 4.79 Å². The van der Waals surface area contributed by atoms with Crippen LogP contribution in [-0.4, -0.2) is 77.4 Å². The molecule has 1 N–H and O–H groups in total. The van der Waals surface area contributed by atoms with E-state index in [0.29, 0.717) is 24.8 Å². The Labute approximate surface area is 140 Å². The second-order valence-electron chi connectivity index (χ2n) is 5.97. The number of piperazine rings is 1. The number of nitrogens with zero attached hydrogens (tertiary/aromatic N) is 4. The molecular formula is C15H23N5O2S. The van der Waals surface area contributed by atoms with Crippen LogP contribution in [0.1, 0.15) is 19.3 Å². The first-order chi connectivity index (χ1) is 11.2. The van der Waals surface area contributed by atoms with Crippen LogP contribution in [0.4, 0.5) is 9.93 Å². The second-order valence-corrected chi connectivity index (χ2v) is 6.87. The number of hydrogen-bond acceptors (Lipinski definition) is 5. The van der Waals surface area contributed by atoms with Gasteiger partial charge >= 0.3 is 6.03 Å². The first kappa shape index (κ1) is 16.2. The van der Waals surface area contributed by atoms with Crippen molar-refractivity contribution in [3.8, 4) is 0 Å². The van der Waals surface area contributed by atoms with Gasteiger partial charge < -0.3 is 9.80 Å². The minimum absolute atomic E-state index is 0.109. The quantitative estimate of drug-likeness (QED) is 0.903. The minimum atomic E-state index is -0.109. The Hall–Kier alpha value is -1.67. The monoisotopic (exact) mass is 337 g/mol. The summed E-state index contributed by atoms with van der Waals surface area (Å²) in [5, 5.41) is 5.26. The van der Waals surface area contributed by atoms with Crippen LogP contribution in [0.2, 0.25) is 0 Å². The van der Waals surface area contributed by atoms with Crippen LogP contribution in [0.3, 0.4) is 0 Å². The predicted molar refractivity (Wildman–Crippen MR) is 89.6 cm³/mol. The van der Waals surface area contributed by atoms with Gasteiger partial charge in [-0.05, 0) is 19.3 Å². The number of carbonyl (C=O) groups excluding carboxylic acids is 2. The highest BCUT2D eigenvalue weighted by atomic mass is 32.1. The molecule has 0 aromatic carbocycles. The van der Waals surface area contributed by atoms with Crippen molar-refractivity contribution >= 4 is 28.4 Å². The number of anilines is 1. The number of urea groups is 1. The van der Waals surface area contributed by atoms with Gasteiger partial charge in [-0.15, -0.1) is 11.3 Å². The summed E-state index contributed by atoms with van der Waals surface area (Å²) in [4.78, 5) is 34.4. The third-order valence-corrected chi connectivity index (χ3v) is 5.06. The molecule has 3 rings (SSSR count). The highest BCUT2D eigenvalue weighted by Gasteiger charge is 2.25. The van der Waals surface area contributed by atoms with E-state index in [1.807, 2.05) is 10.3 Å². The van der Waals surface area contributed by atoms with Crippen LogP contribution in [0.15, 0.2) is 11.6 Å². The Morgan fingerprint density at radius 2 is 1.78 bits per heavy atom. The second kappa shape index (κ2) is 7.74. The Balaban J connectivity index is 1.41. The molecule has 2 fully saturated rings. The predicted octanol–water partition coefficient (Wildman–Crippen LogP) is 1.31. The molecule has 1 aromatic rings. The fourth-order valence-corrected chi connectivity index (χ4v) is 3.52. The Bertz CT molecular complexity index is 522. The van der Waals surface area contributed by atoms with Crippen LogP contribution in [0, 0.1) is 0 Å². The molecule has 0 aliphatic carbocycles. The van der Waals surface area contributed by atoms with Crippen LogP contribution in [0.5, 0.6) is 0 Å². The summed E-state index contributed by atoms with van der Waals surface area (Å²) in [5.41, 5.74) is 0. The molecule has 3 heterocycles. The molecule has 2 saturated heterocycles. The van der Waals surface area contributed by atoms with Crippen molar-refractivity contribution in [1.29, 1.82) is 0 Å². The molecule has 1 aromatic heterocycles. The van der Waals surface area contributed by atoms with Gasteiger partial charge in [0.15, 0.2) is 5.13 Å². The number of likely N-dealkylation sites (tertiary alicyclic amines) is 1. The normalized spacial score (nSPS) is 19.7. The lowest BCUT2D eigenvalue weighted by atomic mass is 10.1. The lowest BCUT2D eigenvalue weighted by molar-refractivity contribution is -0.133. The summed E-state index contributed by atoms with van der Waals surface area (Å²) in [6.45, 7) is 5.04. The third kappa shape index (κ3) is 4.42. The topological polar surface area (TPSA) is 68.8 Å². The molecule has 0 unspecified atom stereocenters. The van der Waals surface area contributed by atoms with Crippen molar-refractivity contribution in [3.05, 3.63) is 11.6 Å². The third-order valence-electron chi connectivity index (χ3n) is 4.37. The first-order valence-corrected chi connectivity index (χ1v) is 9.06. The van der Waals surface area contributed by atoms with Gasteiger partial charge in [0.1, 0.15) is 0 Å². The van der Waals surface area contributed by atoms with E-state index in [1.54, 1.807) is 11.1 Å². The number of rotatable bonds is 3. The zero-order valence-electron chi connectivity index (χ0n) is 13.2. The molecule has 2 aliphatic rings. The van der Waals surface area contributed by atoms with Crippen molar-refractivity contribution in [1.82, 2.24) is 19.7 Å². The van der Waals surface area contributed by atoms with Gasteiger partial charge in [0.25, 0.3) is 0 Å². The smallest absolute Gasteiger partial charge is 0.323 e. The van der Waals surface area contributed by atoms with E-state index in [-0.39, 0.29) is 11.9 Å². The molecule has 0 atom stereocenters. The molecule has 0 spiro atoms. The van der Waals surface area contributed by atoms with Gasteiger partial charge in [-0.1, -0.05) is 0 Å². The van der Waals surface area contributed by atoms with Crippen molar-refractivity contribution < 1.29 is 9.59 Å². The van der Waals surface area contributed by atoms with Crippen LogP contribution >= 0.6 is 11.3 Å². The van der Waals surface area contributed by atoms with E-state index in [4.69, 9.17) is 0 Å². The standard InChI is InChI=1S/C15H23N5O2S/c21-13(19-5-2-1-3-6-19)12-18-7-9-20(10-8-18)15(22)17-14-16-4-11-23-14/h4,11H,1-3,5-10,12H2,(H,16,17,22). The summed E-state index contributed by atoms with van der Waals surface area (Å²) in [7, 11) is 0. The van der Waals surface area contributed by atoms with Gasteiger partial charge in [0.2, 0.25) is 5.91 Å². The van der Waals surface area contributed by atoms with E-state index in [2.05, 4.69) is 15.2 Å². The fraction of sp³-hybridized carbons (Fsp3) is 0.667. The molecule has 7 nitrogen and oxygen atoms in total. The molecule has 0 saturated carbocycles. The summed E-state index contributed by atoms with van der Waals surface area (Å²) in [6, 6.07) is -0.109. The largest absolute Gasteiger partial charge is 0.342 e. The highest BCUT2D eigenvalue weighted by molar-refractivity contribution is 7.13. The van der Waals surface area contributed by atoms with Crippen LogP contribution in [0.25, 0.3) is 0 Å². The maximum Gasteiger partial charge on any atom is 0.323 e. The van der Waals surface area contributed by atoms with E-state index in [0.717, 1.165) is 39.0 Å². The lowest BCUT2D eigenvalue weighted by Gasteiger charge is -2.35. The number of aromatic nitrogens is 1. The summed E-state index contributed by atoms with van der Waals surface area (Å²) in [6.07, 6.45) is 5.15. The summed E-state index contributed by atoms with van der Waals surface area (Å²) in [5.74, 6) is 0.227. The molecule has 0 bridgehead atoms. The number of nitrogens with one attached hydrogen (secondary N) is 1. The molecule has 8 heteroatoms. The fourth-order valence-electron chi connectivity index (χ4n) is 3.00. The molecular weight excluding hydrogens is 314 g/mol. The Kier molecular flexibility index (Phi) is 5.45. The molecule has 3 amide bonds. The SMILES string of the molecule is O=C(CN1CCN(C(=O)Nc2nccs2)CC1)N1CCCCC1. The van der Waals surface area contributed by atoms with Crippen molar-refractivity contribution in [2.24, 2.45) is 0 Å². The number of piperidine rings is 1. The van der Waals surface area contributed by atoms with Gasteiger partial charge in [-0.25, -0.2) is 9.78 Å². The van der Waals surface area contributed by atoms with E-state index in [9.17, 15) is 9.59 Å². The number of thiazole rings is 1. The van der Waals surface area contributed by atoms with Gasteiger partial charge in [-0.2, -0.15) is 0 Å². The lowest BCUT2D eigenvalue weighted by Crippen LogP contribution is -2.52. The van der Waals surface area contributed by atoms with Crippen molar-refractivity contribution in [2.45, 2.75) is 19.3 Å². The van der Waals surface area contributed by atoms with Gasteiger partial charge in [0, 0.05) is 50.8 Å². The van der Waals surface area contributed by atoms with Crippen molar-refractivity contribution in [2.75, 3.05) is 51.1 Å². The molecule has 2 aliphatic heterocycles. The van der Waals surface area contributed by atoms with Gasteiger partial charge in [0.05, 0.1) is 6.54 Å². The minimum Gasteiger partial charge on any atom is -0.342 e. The Morgan fingerprint density at radius 1 is 1.04 bits per heavy atom. The number of amides is 3. The van der Waals surface area contributed by atoms with Crippen molar-refractivity contribution in [3.63, 3.8) is 0 Å². The van der Waals surface area contributed by atoms with E-state index >= 15 is 0 Å². The average Bonchev–Trinajstić information content (AvgIpc) is 3.09. The number of carbonyl (C=O) groups is 2. The number of hydrogen-bond donors (Lipinski definition) is 1. The Morgan fingerprint density at radius 3 is 2.43 bits per heavy atom. The zero-order valence-corrected chi connectivity index (χ0v) is 14.1. The maximum absolute atomic E-state index is 12.3. The van der Waals surface area contributed by atoms with E-state index in [1.165, 1.54) is 17.8 Å². The highest BCUT2D eigenvalue weighted by Crippen LogP contribution is 2.13. The first-order valence-electron chi connectivity index (χ1n) is 8.18. The molecule has 126 valence electrons. The zero-order chi connectivity index (χ0) is 16.1. The average molecular weight is 337 g/mol. The molecule has 0 radical (unpaired) electrons.